The molecule has 0 unspecified atom stereocenters. The average Bonchev–Trinajstić information content (AvgIpc) is 2.13. The molecule has 2 atom stereocenters. The second kappa shape index (κ2) is 6.30. The van der Waals surface area contributed by atoms with Crippen molar-refractivity contribution in [2.45, 2.75) is 46.2 Å². The topological polar surface area (TPSA) is 49.4 Å². The predicted molar refractivity (Wildman–Crippen MR) is 64.9 cm³/mol. The van der Waals surface area contributed by atoms with Gasteiger partial charge in [-0.15, -0.1) is 0 Å². The highest BCUT2D eigenvalue weighted by molar-refractivity contribution is 5.76. The molecule has 0 aromatic rings. The van der Waals surface area contributed by atoms with E-state index < -0.39 is 0 Å². The largest absolute Gasteiger partial charge is 0.374 e. The third-order valence-corrected chi connectivity index (χ3v) is 2.62. The zero-order chi connectivity index (χ0) is 12.9. The first-order chi connectivity index (χ1) is 7.25. The summed E-state index contributed by atoms with van der Waals surface area (Å²) in [6, 6.07) is -0.0156. The zero-order valence-corrected chi connectivity index (χ0v) is 10.8. The Morgan fingerprint density at radius 2 is 1.81 bits per heavy atom. The maximum atomic E-state index is 11.0. The van der Waals surface area contributed by atoms with E-state index in [1.54, 1.807) is 6.92 Å². The van der Waals surface area contributed by atoms with Gasteiger partial charge in [-0.05, 0) is 20.8 Å². The molecule has 0 aliphatic carbocycles. The SMILES string of the molecule is C=C([C@H](C)NC(C)=O)N(C)[C@H](C)CC(C)=O. The number of carbonyl (C=O) groups excluding carboxylic acids is 2. The summed E-state index contributed by atoms with van der Waals surface area (Å²) in [5.74, 6) is 0.0700. The van der Waals surface area contributed by atoms with Crippen LogP contribution in [0.1, 0.15) is 34.1 Å². The molecule has 16 heavy (non-hydrogen) atoms. The number of likely N-dealkylation sites (N-methyl/N-ethyl adjacent to an activating group) is 1. The first kappa shape index (κ1) is 14.7. The highest BCUT2D eigenvalue weighted by Crippen LogP contribution is 2.11. The first-order valence-electron chi connectivity index (χ1n) is 5.43. The second-order valence-corrected chi connectivity index (χ2v) is 4.28. The van der Waals surface area contributed by atoms with Crippen molar-refractivity contribution in [2.75, 3.05) is 7.05 Å². The number of rotatable bonds is 6. The highest BCUT2D eigenvalue weighted by Gasteiger charge is 2.17. The molecule has 0 rings (SSSR count). The summed E-state index contributed by atoms with van der Waals surface area (Å²) in [5.41, 5.74) is 0.809. The van der Waals surface area contributed by atoms with E-state index in [4.69, 9.17) is 0 Å². The summed E-state index contributed by atoms with van der Waals surface area (Å²) < 4.78 is 0. The van der Waals surface area contributed by atoms with E-state index in [-0.39, 0.29) is 23.8 Å². The Labute approximate surface area is 97.7 Å². The number of ketones is 1. The molecule has 0 bridgehead atoms. The smallest absolute Gasteiger partial charge is 0.217 e. The van der Waals surface area contributed by atoms with Crippen LogP contribution >= 0.6 is 0 Å². The molecule has 0 spiro atoms. The molecule has 0 saturated heterocycles. The molecule has 0 aromatic heterocycles. The molecule has 0 saturated carbocycles. The Morgan fingerprint density at radius 3 is 2.19 bits per heavy atom. The molecule has 0 fully saturated rings. The van der Waals surface area contributed by atoms with Crippen LogP contribution in [0.4, 0.5) is 0 Å². The lowest BCUT2D eigenvalue weighted by Gasteiger charge is -2.31. The third kappa shape index (κ3) is 4.96. The minimum atomic E-state index is -0.114. The monoisotopic (exact) mass is 226 g/mol. The lowest BCUT2D eigenvalue weighted by atomic mass is 10.1. The molecule has 1 N–H and O–H groups in total. The van der Waals surface area contributed by atoms with E-state index >= 15 is 0 Å². The van der Waals surface area contributed by atoms with Gasteiger partial charge in [-0.1, -0.05) is 6.58 Å². The van der Waals surface area contributed by atoms with Crippen LogP contribution in [0, 0.1) is 0 Å². The van der Waals surface area contributed by atoms with Crippen molar-refractivity contribution >= 4 is 11.7 Å². The molecule has 0 aliphatic heterocycles. The quantitative estimate of drug-likeness (QED) is 0.743. The highest BCUT2D eigenvalue weighted by atomic mass is 16.1. The Kier molecular flexibility index (Phi) is 5.78. The van der Waals surface area contributed by atoms with Gasteiger partial charge >= 0.3 is 0 Å². The van der Waals surface area contributed by atoms with E-state index in [1.807, 2.05) is 25.8 Å². The molecule has 4 nitrogen and oxygen atoms in total. The van der Waals surface area contributed by atoms with E-state index in [1.165, 1.54) is 6.92 Å². The standard InChI is InChI=1S/C12H22N2O2/c1-8(7-9(2)15)14(6)11(4)10(3)13-12(5)16/h8,10H,4,7H2,1-3,5-6H3,(H,13,16)/t8-,10+/m1/s1. The van der Waals surface area contributed by atoms with E-state index in [0.717, 1.165) is 5.70 Å². The van der Waals surface area contributed by atoms with Crippen LogP contribution in [0.2, 0.25) is 0 Å². The number of hydrogen-bond acceptors (Lipinski definition) is 3. The minimum absolute atomic E-state index is 0.0822. The van der Waals surface area contributed by atoms with Crippen molar-refractivity contribution < 1.29 is 9.59 Å². The van der Waals surface area contributed by atoms with Gasteiger partial charge in [0.25, 0.3) is 0 Å². The van der Waals surface area contributed by atoms with Crippen LogP contribution in [-0.2, 0) is 9.59 Å². The first-order valence-corrected chi connectivity index (χ1v) is 5.43. The molecule has 0 heterocycles. The molecular weight excluding hydrogens is 204 g/mol. The molecule has 0 radical (unpaired) electrons. The van der Waals surface area contributed by atoms with Gasteiger partial charge in [-0.2, -0.15) is 0 Å². The second-order valence-electron chi connectivity index (χ2n) is 4.28. The van der Waals surface area contributed by atoms with Gasteiger partial charge in [0.05, 0.1) is 6.04 Å². The summed E-state index contributed by atoms with van der Waals surface area (Å²) in [7, 11) is 1.88. The lowest BCUT2D eigenvalue weighted by Crippen LogP contribution is -2.40. The van der Waals surface area contributed by atoms with Crippen LogP contribution in [0.3, 0.4) is 0 Å². The number of carbonyl (C=O) groups is 2. The minimum Gasteiger partial charge on any atom is -0.374 e. The molecule has 92 valence electrons. The molecule has 0 aromatic carbocycles. The summed E-state index contributed by atoms with van der Waals surface area (Å²) in [6.45, 7) is 10.8. The Bertz CT molecular complexity index is 287. The summed E-state index contributed by atoms with van der Waals surface area (Å²) in [5, 5.41) is 2.77. The fourth-order valence-electron chi connectivity index (χ4n) is 1.53. The van der Waals surface area contributed by atoms with Crippen molar-refractivity contribution in [1.82, 2.24) is 10.2 Å². The number of amides is 1. The van der Waals surface area contributed by atoms with Crippen LogP contribution in [0.25, 0.3) is 0 Å². The number of Topliss-reactive ketones (excluding diaryl/α,β-unsaturated/α-hetero) is 1. The Morgan fingerprint density at radius 1 is 1.31 bits per heavy atom. The van der Waals surface area contributed by atoms with Crippen LogP contribution in [0.5, 0.6) is 0 Å². The van der Waals surface area contributed by atoms with Crippen molar-refractivity contribution in [3.63, 3.8) is 0 Å². The van der Waals surface area contributed by atoms with Gasteiger partial charge in [0.1, 0.15) is 5.78 Å². The number of hydrogen-bond donors (Lipinski definition) is 1. The third-order valence-electron chi connectivity index (χ3n) is 2.62. The van der Waals surface area contributed by atoms with Gasteiger partial charge < -0.3 is 10.2 Å². The van der Waals surface area contributed by atoms with Gasteiger partial charge in [0, 0.05) is 32.1 Å². The summed E-state index contributed by atoms with van der Waals surface area (Å²) >= 11 is 0. The van der Waals surface area contributed by atoms with Crippen molar-refractivity contribution in [3.8, 4) is 0 Å². The maximum Gasteiger partial charge on any atom is 0.217 e. The van der Waals surface area contributed by atoms with Crippen LogP contribution < -0.4 is 5.32 Å². The van der Waals surface area contributed by atoms with Crippen molar-refractivity contribution in [3.05, 3.63) is 12.3 Å². The van der Waals surface area contributed by atoms with Gasteiger partial charge in [-0.25, -0.2) is 0 Å². The van der Waals surface area contributed by atoms with Gasteiger partial charge in [-0.3, -0.25) is 9.59 Å². The van der Waals surface area contributed by atoms with Crippen LogP contribution in [0.15, 0.2) is 12.3 Å². The lowest BCUT2D eigenvalue weighted by molar-refractivity contribution is -0.120. The molecular formula is C12H22N2O2. The van der Waals surface area contributed by atoms with Gasteiger partial charge in [0.15, 0.2) is 0 Å². The number of nitrogens with one attached hydrogen (secondary N) is 1. The summed E-state index contributed by atoms with van der Waals surface area (Å²) in [6.07, 6.45) is 0.488. The molecule has 0 aliphatic rings. The maximum absolute atomic E-state index is 11.0. The van der Waals surface area contributed by atoms with E-state index in [9.17, 15) is 9.59 Å². The van der Waals surface area contributed by atoms with Gasteiger partial charge in [0.2, 0.25) is 5.91 Å². The normalized spacial score (nSPS) is 13.8. The molecule has 4 heteroatoms. The van der Waals surface area contributed by atoms with Crippen LogP contribution in [-0.4, -0.2) is 35.7 Å². The van der Waals surface area contributed by atoms with E-state index in [0.29, 0.717) is 6.42 Å². The van der Waals surface area contributed by atoms with Crippen molar-refractivity contribution in [2.24, 2.45) is 0 Å². The number of nitrogens with zero attached hydrogens (tertiary/aromatic N) is 1. The zero-order valence-electron chi connectivity index (χ0n) is 10.8. The van der Waals surface area contributed by atoms with Crippen molar-refractivity contribution in [1.29, 1.82) is 0 Å². The van der Waals surface area contributed by atoms with E-state index in [2.05, 4.69) is 11.9 Å². The average molecular weight is 226 g/mol. The fourth-order valence-corrected chi connectivity index (χ4v) is 1.53. The Hall–Kier alpha value is -1.32. The fraction of sp³-hybridized carbons (Fsp3) is 0.667. The molecule has 1 amide bonds. The predicted octanol–water partition coefficient (Wildman–Crippen LogP) is 1.32. The summed E-state index contributed by atoms with van der Waals surface area (Å²) in [4.78, 5) is 23.8. The Balaban J connectivity index is 4.36.